The van der Waals surface area contributed by atoms with Gasteiger partial charge in [-0.05, 0) is 17.7 Å². The van der Waals surface area contributed by atoms with Gasteiger partial charge in [-0.3, -0.25) is 9.59 Å². The minimum Gasteiger partial charge on any atom is -0.388 e. The number of aliphatic hydroxyl groups excluding tert-OH is 2. The topological polar surface area (TPSA) is 89.9 Å². The molecule has 0 saturated carbocycles. The van der Waals surface area contributed by atoms with E-state index in [2.05, 4.69) is 5.32 Å². The van der Waals surface area contributed by atoms with Crippen molar-refractivity contribution in [3.63, 3.8) is 0 Å². The number of hydrogen-bond donors (Lipinski definition) is 3. The van der Waals surface area contributed by atoms with Crippen LogP contribution in [-0.4, -0.2) is 51.7 Å². The molecule has 1 heterocycles. The van der Waals surface area contributed by atoms with Gasteiger partial charge in [0.05, 0.1) is 12.1 Å². The molecule has 0 aromatic heterocycles. The Kier molecular flexibility index (Phi) is 5.48. The molecular formula is C19H18F2N2O4. The molecule has 0 bridgehead atoms. The molecule has 1 aliphatic rings. The first-order chi connectivity index (χ1) is 12.9. The van der Waals surface area contributed by atoms with E-state index in [-0.39, 0.29) is 13.1 Å². The Bertz CT molecular complexity index is 847. The fourth-order valence-electron chi connectivity index (χ4n) is 3.03. The fourth-order valence-corrected chi connectivity index (χ4v) is 3.03. The number of carbonyl (C=O) groups excluding carboxylic acids is 2. The van der Waals surface area contributed by atoms with Crippen molar-refractivity contribution in [1.29, 1.82) is 0 Å². The number of amides is 2. The molecule has 2 aromatic carbocycles. The van der Waals surface area contributed by atoms with Crippen LogP contribution in [0.2, 0.25) is 0 Å². The number of likely N-dealkylation sites (tertiary alicyclic amines) is 1. The van der Waals surface area contributed by atoms with Gasteiger partial charge in [-0.2, -0.15) is 0 Å². The summed E-state index contributed by atoms with van der Waals surface area (Å²) in [7, 11) is 0. The zero-order valence-electron chi connectivity index (χ0n) is 14.2. The number of benzene rings is 2. The van der Waals surface area contributed by atoms with Crippen LogP contribution >= 0.6 is 0 Å². The van der Waals surface area contributed by atoms with Gasteiger partial charge < -0.3 is 20.4 Å². The highest BCUT2D eigenvalue weighted by atomic mass is 19.1. The van der Waals surface area contributed by atoms with Crippen LogP contribution in [0, 0.1) is 11.6 Å². The summed E-state index contributed by atoms with van der Waals surface area (Å²) in [5, 5.41) is 22.6. The van der Waals surface area contributed by atoms with Gasteiger partial charge in [0.15, 0.2) is 0 Å². The highest BCUT2D eigenvalue weighted by Crippen LogP contribution is 2.23. The number of nitrogens with zero attached hydrogens (tertiary/aromatic N) is 1. The maximum absolute atomic E-state index is 13.9. The minimum atomic E-state index is -1.52. The number of carbonyl (C=O) groups is 2. The maximum Gasteiger partial charge on any atom is 0.257 e. The quantitative estimate of drug-likeness (QED) is 0.737. The van der Waals surface area contributed by atoms with Crippen molar-refractivity contribution in [3.05, 3.63) is 71.3 Å². The summed E-state index contributed by atoms with van der Waals surface area (Å²) < 4.78 is 27.0. The van der Waals surface area contributed by atoms with Crippen LogP contribution in [0.25, 0.3) is 0 Å². The normalized spacial score (nSPS) is 21.9. The first kappa shape index (κ1) is 18.9. The van der Waals surface area contributed by atoms with Crippen LogP contribution in [0.15, 0.2) is 48.5 Å². The first-order valence-corrected chi connectivity index (χ1v) is 8.32. The molecule has 142 valence electrons. The molecule has 6 nitrogen and oxygen atoms in total. The number of halogens is 2. The molecule has 0 unspecified atom stereocenters. The van der Waals surface area contributed by atoms with Crippen LogP contribution in [0.1, 0.15) is 15.9 Å². The molecule has 0 radical (unpaired) electrons. The van der Waals surface area contributed by atoms with E-state index >= 15 is 0 Å². The summed E-state index contributed by atoms with van der Waals surface area (Å²) in [6, 6.07) is 10.0. The van der Waals surface area contributed by atoms with E-state index in [4.69, 9.17) is 0 Å². The average Bonchev–Trinajstić information content (AvgIpc) is 2.95. The molecular weight excluding hydrogens is 358 g/mol. The SMILES string of the molecule is O=C(NCc1ccccc1)[C@@H]1[C@@H](O)[C@@H](O)CN1C(=O)c1ccc(F)cc1F. The number of rotatable bonds is 4. The highest BCUT2D eigenvalue weighted by molar-refractivity contribution is 5.98. The molecule has 0 spiro atoms. The van der Waals surface area contributed by atoms with E-state index in [1.807, 2.05) is 6.07 Å². The Morgan fingerprint density at radius 1 is 1.11 bits per heavy atom. The third kappa shape index (κ3) is 3.96. The van der Waals surface area contributed by atoms with Crippen LogP contribution in [-0.2, 0) is 11.3 Å². The van der Waals surface area contributed by atoms with Gasteiger partial charge in [-0.1, -0.05) is 30.3 Å². The summed E-state index contributed by atoms with van der Waals surface area (Å²) in [6.07, 6.45) is -2.88. The van der Waals surface area contributed by atoms with E-state index in [9.17, 15) is 28.6 Å². The lowest BCUT2D eigenvalue weighted by Gasteiger charge is -2.25. The summed E-state index contributed by atoms with van der Waals surface area (Å²) in [4.78, 5) is 26.0. The molecule has 1 saturated heterocycles. The van der Waals surface area contributed by atoms with Gasteiger partial charge in [0.25, 0.3) is 5.91 Å². The standard InChI is InChI=1S/C19H18F2N2O4/c20-12-6-7-13(14(21)8-12)19(27)23-10-15(24)17(25)16(23)18(26)22-9-11-4-2-1-3-5-11/h1-8,15-17,24-25H,9-10H2,(H,22,26)/t15-,16-,17-/m0/s1. The Labute approximate surface area is 154 Å². The molecule has 2 amide bonds. The van der Waals surface area contributed by atoms with Gasteiger partial charge in [0, 0.05) is 12.6 Å². The van der Waals surface area contributed by atoms with Crippen molar-refractivity contribution < 1.29 is 28.6 Å². The van der Waals surface area contributed by atoms with Crippen molar-refractivity contribution in [1.82, 2.24) is 10.2 Å². The lowest BCUT2D eigenvalue weighted by atomic mass is 10.1. The summed E-state index contributed by atoms with van der Waals surface area (Å²) in [6.45, 7) is -0.188. The van der Waals surface area contributed by atoms with Crippen molar-refractivity contribution in [2.24, 2.45) is 0 Å². The minimum absolute atomic E-state index is 0.159. The van der Waals surface area contributed by atoms with Crippen LogP contribution in [0.5, 0.6) is 0 Å². The van der Waals surface area contributed by atoms with E-state index < -0.39 is 47.3 Å². The molecule has 1 fully saturated rings. The van der Waals surface area contributed by atoms with Crippen LogP contribution in [0.4, 0.5) is 8.78 Å². The van der Waals surface area contributed by atoms with E-state index in [0.29, 0.717) is 6.07 Å². The van der Waals surface area contributed by atoms with Crippen molar-refractivity contribution in [2.45, 2.75) is 24.8 Å². The Morgan fingerprint density at radius 3 is 2.48 bits per heavy atom. The van der Waals surface area contributed by atoms with Gasteiger partial charge in [-0.25, -0.2) is 8.78 Å². The predicted molar refractivity (Wildman–Crippen MR) is 91.5 cm³/mol. The fraction of sp³-hybridized carbons (Fsp3) is 0.263. The molecule has 27 heavy (non-hydrogen) atoms. The van der Waals surface area contributed by atoms with Crippen molar-refractivity contribution in [2.75, 3.05) is 6.54 Å². The van der Waals surface area contributed by atoms with Crippen LogP contribution in [0.3, 0.4) is 0 Å². The van der Waals surface area contributed by atoms with E-state index in [1.54, 1.807) is 24.3 Å². The third-order valence-electron chi connectivity index (χ3n) is 4.44. The average molecular weight is 376 g/mol. The lowest BCUT2D eigenvalue weighted by molar-refractivity contribution is -0.128. The van der Waals surface area contributed by atoms with Gasteiger partial charge in [0.1, 0.15) is 29.9 Å². The molecule has 3 rings (SSSR count). The number of nitrogens with one attached hydrogen (secondary N) is 1. The summed E-state index contributed by atoms with van der Waals surface area (Å²) in [5.74, 6) is -3.52. The second-order valence-corrected chi connectivity index (χ2v) is 6.29. The van der Waals surface area contributed by atoms with Gasteiger partial charge in [-0.15, -0.1) is 0 Å². The second kappa shape index (κ2) is 7.81. The third-order valence-corrected chi connectivity index (χ3v) is 4.44. The first-order valence-electron chi connectivity index (χ1n) is 8.32. The summed E-state index contributed by atoms with van der Waals surface area (Å²) >= 11 is 0. The zero-order chi connectivity index (χ0) is 19.6. The largest absolute Gasteiger partial charge is 0.388 e. The molecule has 3 N–H and O–H groups in total. The Hall–Kier alpha value is -2.84. The van der Waals surface area contributed by atoms with E-state index in [1.165, 1.54) is 0 Å². The molecule has 0 aliphatic carbocycles. The number of aliphatic hydroxyl groups is 2. The van der Waals surface area contributed by atoms with Gasteiger partial charge >= 0.3 is 0 Å². The number of hydrogen-bond acceptors (Lipinski definition) is 4. The summed E-state index contributed by atoms with van der Waals surface area (Å²) in [5.41, 5.74) is 0.361. The molecule has 8 heteroatoms. The second-order valence-electron chi connectivity index (χ2n) is 6.29. The molecule has 3 atom stereocenters. The molecule has 2 aromatic rings. The van der Waals surface area contributed by atoms with Gasteiger partial charge in [0.2, 0.25) is 5.91 Å². The maximum atomic E-state index is 13.9. The smallest absolute Gasteiger partial charge is 0.257 e. The monoisotopic (exact) mass is 376 g/mol. The van der Waals surface area contributed by atoms with Crippen LogP contribution < -0.4 is 5.32 Å². The molecule has 1 aliphatic heterocycles. The van der Waals surface area contributed by atoms with E-state index in [0.717, 1.165) is 22.6 Å². The Balaban J connectivity index is 1.79. The van der Waals surface area contributed by atoms with Crippen molar-refractivity contribution >= 4 is 11.8 Å². The lowest BCUT2D eigenvalue weighted by Crippen LogP contribution is -2.50. The highest BCUT2D eigenvalue weighted by Gasteiger charge is 2.47. The number of β-amino-alcohol motifs (C(OH)–C–C–N with tert-alkyl or cyclic N) is 1. The van der Waals surface area contributed by atoms with Crippen molar-refractivity contribution in [3.8, 4) is 0 Å². The zero-order valence-corrected chi connectivity index (χ0v) is 14.2. The Morgan fingerprint density at radius 2 is 1.81 bits per heavy atom. The predicted octanol–water partition coefficient (Wildman–Crippen LogP) is 0.827.